The number of halogens is 3. The summed E-state index contributed by atoms with van der Waals surface area (Å²) in [6, 6.07) is -1.61. The monoisotopic (exact) mass is 233 g/mol. The van der Waals surface area contributed by atoms with Crippen LogP contribution in [0.5, 0.6) is 0 Å². The summed E-state index contributed by atoms with van der Waals surface area (Å²) < 4.78 is 39.3. The van der Waals surface area contributed by atoms with Crippen LogP contribution in [0.15, 0.2) is 12.4 Å². The highest BCUT2D eigenvalue weighted by Crippen LogP contribution is 2.32. The third kappa shape index (κ3) is 2.37. The second-order valence-corrected chi connectivity index (χ2v) is 4.19. The van der Waals surface area contributed by atoms with Crippen LogP contribution in [0.25, 0.3) is 0 Å². The summed E-state index contributed by atoms with van der Waals surface area (Å²) >= 11 is 0. The standard InChI is InChI=1S/C10H14F3N3/c1-16-6-7(5-14-16)8-3-2-4-9(15-8)10(11,12)13/h5-6,8-9,15H,2-4H2,1H3. The molecule has 0 bridgehead atoms. The molecule has 0 radical (unpaired) electrons. The summed E-state index contributed by atoms with van der Waals surface area (Å²) in [5, 5.41) is 6.62. The lowest BCUT2D eigenvalue weighted by atomic mass is 9.95. The van der Waals surface area contributed by atoms with E-state index in [1.54, 1.807) is 24.1 Å². The summed E-state index contributed by atoms with van der Waals surface area (Å²) in [5.74, 6) is 0. The van der Waals surface area contributed by atoms with Gasteiger partial charge < -0.3 is 0 Å². The summed E-state index contributed by atoms with van der Waals surface area (Å²) in [5.41, 5.74) is 0.830. The third-order valence-corrected chi connectivity index (χ3v) is 2.91. The average molecular weight is 233 g/mol. The van der Waals surface area contributed by atoms with Crippen molar-refractivity contribution in [3.8, 4) is 0 Å². The number of nitrogens with one attached hydrogen (secondary N) is 1. The van der Waals surface area contributed by atoms with E-state index in [-0.39, 0.29) is 12.5 Å². The smallest absolute Gasteiger partial charge is 0.299 e. The van der Waals surface area contributed by atoms with Crippen LogP contribution in [0.2, 0.25) is 0 Å². The minimum atomic E-state index is -4.15. The van der Waals surface area contributed by atoms with E-state index < -0.39 is 12.2 Å². The van der Waals surface area contributed by atoms with Crippen molar-refractivity contribution in [1.82, 2.24) is 15.1 Å². The van der Waals surface area contributed by atoms with Crippen LogP contribution in [-0.2, 0) is 7.05 Å². The minimum absolute atomic E-state index is 0.167. The molecule has 1 aromatic rings. The molecule has 2 rings (SSSR count). The molecule has 1 aliphatic heterocycles. The third-order valence-electron chi connectivity index (χ3n) is 2.91. The van der Waals surface area contributed by atoms with Crippen molar-refractivity contribution >= 4 is 0 Å². The van der Waals surface area contributed by atoms with Crippen LogP contribution in [0, 0.1) is 0 Å². The van der Waals surface area contributed by atoms with Gasteiger partial charge in [0.25, 0.3) is 0 Å². The van der Waals surface area contributed by atoms with E-state index in [9.17, 15) is 13.2 Å². The van der Waals surface area contributed by atoms with Gasteiger partial charge in [0.2, 0.25) is 0 Å². The van der Waals surface area contributed by atoms with Gasteiger partial charge in [-0.1, -0.05) is 0 Å². The molecular weight excluding hydrogens is 219 g/mol. The summed E-state index contributed by atoms with van der Waals surface area (Å²) in [7, 11) is 1.76. The Hall–Kier alpha value is -1.04. The number of aromatic nitrogens is 2. The van der Waals surface area contributed by atoms with Crippen LogP contribution in [0.1, 0.15) is 30.9 Å². The molecule has 1 aliphatic rings. The van der Waals surface area contributed by atoms with Crippen molar-refractivity contribution in [2.24, 2.45) is 7.05 Å². The molecule has 90 valence electrons. The van der Waals surface area contributed by atoms with Crippen LogP contribution in [-0.4, -0.2) is 22.0 Å². The molecule has 3 nitrogen and oxygen atoms in total. The Balaban J connectivity index is 2.07. The topological polar surface area (TPSA) is 29.9 Å². The van der Waals surface area contributed by atoms with Gasteiger partial charge in [-0.05, 0) is 19.3 Å². The fraction of sp³-hybridized carbons (Fsp3) is 0.700. The van der Waals surface area contributed by atoms with Crippen molar-refractivity contribution in [1.29, 1.82) is 0 Å². The van der Waals surface area contributed by atoms with E-state index in [1.165, 1.54) is 0 Å². The largest absolute Gasteiger partial charge is 0.403 e. The number of rotatable bonds is 1. The lowest BCUT2D eigenvalue weighted by Gasteiger charge is -2.31. The van der Waals surface area contributed by atoms with Crippen molar-refractivity contribution in [3.05, 3.63) is 18.0 Å². The molecule has 1 saturated heterocycles. The molecule has 0 aliphatic carbocycles. The van der Waals surface area contributed by atoms with Gasteiger partial charge in [-0.15, -0.1) is 0 Å². The predicted octanol–water partition coefficient (Wildman–Crippen LogP) is 2.17. The van der Waals surface area contributed by atoms with Crippen molar-refractivity contribution in [3.63, 3.8) is 0 Å². The fourth-order valence-electron chi connectivity index (χ4n) is 2.08. The number of hydrogen-bond donors (Lipinski definition) is 1. The average Bonchev–Trinajstić information content (AvgIpc) is 2.64. The van der Waals surface area contributed by atoms with Crippen LogP contribution in [0.4, 0.5) is 13.2 Å². The normalized spacial score (nSPS) is 27.0. The first-order valence-corrected chi connectivity index (χ1v) is 5.28. The molecular formula is C10H14F3N3. The Bertz CT molecular complexity index is 358. The molecule has 0 amide bonds. The highest BCUT2D eigenvalue weighted by molar-refractivity contribution is 5.11. The van der Waals surface area contributed by atoms with Gasteiger partial charge >= 0.3 is 6.18 Å². The lowest BCUT2D eigenvalue weighted by Crippen LogP contribution is -2.46. The van der Waals surface area contributed by atoms with Gasteiger partial charge in [0.15, 0.2) is 0 Å². The Labute approximate surface area is 91.6 Å². The van der Waals surface area contributed by atoms with E-state index in [0.29, 0.717) is 6.42 Å². The number of aryl methyl sites for hydroxylation is 1. The lowest BCUT2D eigenvalue weighted by molar-refractivity contribution is -0.163. The SMILES string of the molecule is Cn1cc(C2CCCC(C(F)(F)F)N2)cn1. The highest BCUT2D eigenvalue weighted by atomic mass is 19.4. The first kappa shape index (κ1) is 11.4. The molecule has 16 heavy (non-hydrogen) atoms. The molecule has 0 saturated carbocycles. The van der Waals surface area contributed by atoms with Gasteiger partial charge in [0.05, 0.1) is 6.20 Å². The summed E-state index contributed by atoms with van der Waals surface area (Å²) in [4.78, 5) is 0. The van der Waals surface area contributed by atoms with E-state index in [4.69, 9.17) is 0 Å². The van der Waals surface area contributed by atoms with E-state index >= 15 is 0 Å². The van der Waals surface area contributed by atoms with Crippen LogP contribution < -0.4 is 5.32 Å². The van der Waals surface area contributed by atoms with Gasteiger partial charge in [-0.2, -0.15) is 18.3 Å². The van der Waals surface area contributed by atoms with Crippen LogP contribution in [0.3, 0.4) is 0 Å². The molecule has 2 unspecified atom stereocenters. The minimum Gasteiger partial charge on any atom is -0.299 e. The Morgan fingerprint density at radius 2 is 2.19 bits per heavy atom. The highest BCUT2D eigenvalue weighted by Gasteiger charge is 2.42. The maximum absolute atomic E-state index is 12.6. The quantitative estimate of drug-likeness (QED) is 0.805. The molecule has 2 atom stereocenters. The first-order valence-electron chi connectivity index (χ1n) is 5.28. The van der Waals surface area contributed by atoms with E-state index in [0.717, 1.165) is 12.0 Å². The molecule has 2 heterocycles. The molecule has 1 fully saturated rings. The molecule has 1 aromatic heterocycles. The number of hydrogen-bond acceptors (Lipinski definition) is 2. The zero-order chi connectivity index (χ0) is 11.8. The van der Waals surface area contributed by atoms with Crippen LogP contribution >= 0.6 is 0 Å². The van der Waals surface area contributed by atoms with Gasteiger partial charge in [-0.25, -0.2) is 0 Å². The molecule has 0 aromatic carbocycles. The zero-order valence-corrected chi connectivity index (χ0v) is 8.96. The Morgan fingerprint density at radius 3 is 2.75 bits per heavy atom. The number of nitrogens with zero attached hydrogens (tertiary/aromatic N) is 2. The first-order chi connectivity index (χ1) is 7.47. The van der Waals surface area contributed by atoms with Crippen molar-refractivity contribution in [2.75, 3.05) is 0 Å². The molecule has 0 spiro atoms. The maximum atomic E-state index is 12.6. The number of alkyl halides is 3. The summed E-state index contributed by atoms with van der Waals surface area (Å²) in [6.07, 6.45) is 0.725. The Morgan fingerprint density at radius 1 is 1.44 bits per heavy atom. The fourth-order valence-corrected chi connectivity index (χ4v) is 2.08. The van der Waals surface area contributed by atoms with Crippen molar-refractivity contribution in [2.45, 2.75) is 37.5 Å². The second-order valence-electron chi connectivity index (χ2n) is 4.19. The molecule has 6 heteroatoms. The van der Waals surface area contributed by atoms with E-state index in [1.807, 2.05) is 0 Å². The van der Waals surface area contributed by atoms with Gasteiger partial charge in [0.1, 0.15) is 6.04 Å². The Kier molecular flexibility index (Phi) is 2.92. The number of piperidine rings is 1. The maximum Gasteiger partial charge on any atom is 0.403 e. The predicted molar refractivity (Wildman–Crippen MR) is 52.8 cm³/mol. The molecule has 1 N–H and O–H groups in total. The van der Waals surface area contributed by atoms with Crippen molar-refractivity contribution < 1.29 is 13.2 Å². The van der Waals surface area contributed by atoms with E-state index in [2.05, 4.69) is 10.4 Å². The zero-order valence-electron chi connectivity index (χ0n) is 8.96. The van der Waals surface area contributed by atoms with Gasteiger partial charge in [-0.3, -0.25) is 10.00 Å². The van der Waals surface area contributed by atoms with Gasteiger partial charge in [0, 0.05) is 24.8 Å². The summed E-state index contributed by atoms with van der Waals surface area (Å²) in [6.45, 7) is 0. The second kappa shape index (κ2) is 4.08.